The molecule has 1 aromatic carbocycles. The Hall–Kier alpha value is -2.90. The van der Waals surface area contributed by atoms with Crippen molar-refractivity contribution in [3.8, 4) is 0 Å². The zero-order valence-electron chi connectivity index (χ0n) is 43.5. The molecular weight excluding hydrogens is 919 g/mol. The molecule has 2 amide bonds. The average Bonchev–Trinajstić information content (AvgIpc) is 3.67. The average molecular weight is 1010 g/mol. The summed E-state index contributed by atoms with van der Waals surface area (Å²) in [4.78, 5) is 64.6. The predicted molar refractivity (Wildman–Crippen MR) is 275 cm³/mol. The topological polar surface area (TPSA) is 181 Å². The van der Waals surface area contributed by atoms with Gasteiger partial charge in [-0.15, -0.1) is 0 Å². The monoisotopic (exact) mass is 1010 g/mol. The van der Waals surface area contributed by atoms with Gasteiger partial charge in [0.15, 0.2) is 6.10 Å². The third-order valence-corrected chi connectivity index (χ3v) is 12.9. The Morgan fingerprint density at radius 3 is 1.59 bits per heavy atom. The Bertz CT molecular complexity index is 1700. The number of carbonyl (C=O) groups is 4. The number of anilines is 1. The Labute approximate surface area is 444 Å². The van der Waals surface area contributed by atoms with Crippen LogP contribution in [0.15, 0.2) is 65.7 Å². The van der Waals surface area contributed by atoms with Crippen molar-refractivity contribution in [3.63, 3.8) is 0 Å². The van der Waals surface area contributed by atoms with Crippen LogP contribution in [0.2, 0.25) is 0 Å². The van der Waals surface area contributed by atoms with Crippen LogP contribution in [0.4, 0.5) is 5.69 Å². The van der Waals surface area contributed by atoms with Gasteiger partial charge < -0.3 is 24.5 Å². The summed E-state index contributed by atoms with van der Waals surface area (Å²) in [6, 6.07) is 6.94. The first-order valence-corrected chi connectivity index (χ1v) is 28.2. The van der Waals surface area contributed by atoms with Crippen molar-refractivity contribution >= 4 is 43.2 Å². The number of aryl methyl sites for hydroxylation is 1. The van der Waals surface area contributed by atoms with E-state index in [1.54, 1.807) is 24.3 Å². The molecule has 70 heavy (non-hydrogen) atoms. The standard InChI is InChI=1S/C55H89N2O11P.Na/c1-3-5-7-9-11-13-15-17-19-21-23-25-27-29-31-36-54(61)65-46-50(68-55(62)37-32-30-28-26-24-22-20-18-16-14-12-10-8-6-4-2)47-67-69(63,64)66-45-44-56-51(58)35-33-34-48-38-40-49(41-39-48)57-52(59)42-43-53(57)60;/h17-20,38-43,50H,3-16,21-37,44-47H2,1-2H3,(H,56,58)(H,63,64);/q;+1/p-1/b19-17-,20-18-;/t50-;/m1./s1. The van der Waals surface area contributed by atoms with Crippen LogP contribution >= 0.6 is 7.82 Å². The molecule has 2 atom stereocenters. The smallest absolute Gasteiger partial charge is 0.862 e. The molecule has 1 N–H and O–H groups in total. The summed E-state index contributed by atoms with van der Waals surface area (Å²) in [6.07, 6.45) is 41.8. The molecule has 1 aliphatic rings. The molecule has 1 aromatic rings. The summed E-state index contributed by atoms with van der Waals surface area (Å²) in [5, 5.41) is 12.4. The van der Waals surface area contributed by atoms with Gasteiger partial charge in [-0.2, -0.15) is 0 Å². The summed E-state index contributed by atoms with van der Waals surface area (Å²) in [5.74, 6) is -2.14. The summed E-state index contributed by atoms with van der Waals surface area (Å²) in [5.41, 5.74) is 1.39. The van der Waals surface area contributed by atoms with Gasteiger partial charge in [0.2, 0.25) is 0 Å². The van der Waals surface area contributed by atoms with Gasteiger partial charge in [0.05, 0.1) is 25.4 Å². The number of rotatable bonds is 45. The van der Waals surface area contributed by atoms with Crippen LogP contribution in [-0.2, 0) is 48.7 Å². The number of ether oxygens (including phenoxy) is 2. The van der Waals surface area contributed by atoms with Gasteiger partial charge in [-0.05, 0) is 107 Å². The number of aliphatic imine (C=N–C) groups is 1. The van der Waals surface area contributed by atoms with Crippen LogP contribution in [0.3, 0.4) is 0 Å². The molecule has 0 saturated carbocycles. The van der Waals surface area contributed by atoms with E-state index in [2.05, 4.69) is 43.1 Å². The fourth-order valence-electron chi connectivity index (χ4n) is 7.83. The molecule has 390 valence electrons. The largest absolute Gasteiger partial charge is 1.00 e. The summed E-state index contributed by atoms with van der Waals surface area (Å²) < 4.78 is 33.9. The van der Waals surface area contributed by atoms with Crippen LogP contribution < -0.4 is 39.6 Å². The van der Waals surface area contributed by atoms with E-state index in [0.717, 1.165) is 87.5 Å². The minimum atomic E-state index is -4.64. The second-order valence-corrected chi connectivity index (χ2v) is 19.7. The Morgan fingerprint density at radius 1 is 0.629 bits per heavy atom. The number of phosphoric ester groups is 1. The number of hydrogen-bond acceptors (Lipinski definition) is 11. The molecule has 0 radical (unpaired) electrons. The van der Waals surface area contributed by atoms with Crippen LogP contribution in [0.1, 0.15) is 212 Å². The van der Waals surface area contributed by atoms with Crippen molar-refractivity contribution < 1.29 is 81.8 Å². The first-order chi connectivity index (χ1) is 33.5. The second kappa shape index (κ2) is 43.7. The number of unbranched alkanes of at least 4 members (excludes halogenated alkanes) is 22. The number of amides is 2. The normalized spacial score (nSPS) is 14.2. The Balaban J connectivity index is 0.0000245. The van der Waals surface area contributed by atoms with Gasteiger partial charge in [-0.3, -0.25) is 28.2 Å². The maximum Gasteiger partial charge on any atom is 1.00 e. The molecule has 0 aliphatic carbocycles. The second-order valence-electron chi connectivity index (χ2n) is 18.2. The molecule has 1 unspecified atom stereocenters. The van der Waals surface area contributed by atoms with E-state index in [1.165, 1.54) is 89.2 Å². The number of carbonyl (C=O) groups excluding carboxylic acids is 4. The fraction of sp³-hybridized carbons (Fsp3) is 0.691. The maximum atomic E-state index is 12.8. The van der Waals surface area contributed by atoms with E-state index >= 15 is 0 Å². The Kier molecular flexibility index (Phi) is 40.6. The SMILES string of the molecule is CCCCCCCC/C=C\CCCCCCCC(=O)OC[C@H](COP(=O)(O)OCCN=C([O-])CCCc1ccc(N2C(=O)C=CC2=O)cc1)OC(=O)CCCCCCC/C=C\CCCCCCCC.[Na+]. The number of phosphoric acid groups is 1. The molecule has 0 spiro atoms. The first kappa shape index (κ1) is 65.1. The van der Waals surface area contributed by atoms with Crippen LogP contribution in [0, 0.1) is 0 Å². The van der Waals surface area contributed by atoms with Crippen LogP contribution in [0.25, 0.3) is 0 Å². The number of esters is 2. The van der Waals surface area contributed by atoms with Crippen molar-refractivity contribution in [1.82, 2.24) is 0 Å². The van der Waals surface area contributed by atoms with E-state index in [9.17, 15) is 33.7 Å². The van der Waals surface area contributed by atoms with Gasteiger partial charge in [0, 0.05) is 25.0 Å². The molecule has 0 fully saturated rings. The van der Waals surface area contributed by atoms with Gasteiger partial charge in [-0.1, -0.05) is 153 Å². The third-order valence-electron chi connectivity index (χ3n) is 11.9. The van der Waals surface area contributed by atoms with Gasteiger partial charge in [0.25, 0.3) is 11.8 Å². The molecule has 0 bridgehead atoms. The maximum absolute atomic E-state index is 12.8. The molecule has 15 heteroatoms. The van der Waals surface area contributed by atoms with E-state index in [-0.39, 0.29) is 68.6 Å². The summed E-state index contributed by atoms with van der Waals surface area (Å²) >= 11 is 0. The minimum absolute atomic E-state index is 0. The van der Waals surface area contributed by atoms with E-state index < -0.39 is 50.2 Å². The number of imide groups is 1. The van der Waals surface area contributed by atoms with Crippen LogP contribution in [-0.4, -0.2) is 67.0 Å². The van der Waals surface area contributed by atoms with Gasteiger partial charge in [0.1, 0.15) is 6.61 Å². The molecule has 1 aliphatic heterocycles. The van der Waals surface area contributed by atoms with Crippen molar-refractivity contribution in [1.29, 1.82) is 0 Å². The molecule has 13 nitrogen and oxygen atoms in total. The van der Waals surface area contributed by atoms with E-state index in [4.69, 9.17) is 18.5 Å². The first-order valence-electron chi connectivity index (χ1n) is 26.7. The molecule has 1 heterocycles. The Morgan fingerprint density at radius 2 is 1.09 bits per heavy atom. The summed E-state index contributed by atoms with van der Waals surface area (Å²) in [7, 11) is -4.64. The van der Waals surface area contributed by atoms with Gasteiger partial charge in [-0.25, -0.2) is 9.46 Å². The van der Waals surface area contributed by atoms with E-state index in [1.807, 2.05) is 0 Å². The molecular formula is C55H88N2NaO11P. The van der Waals surface area contributed by atoms with Gasteiger partial charge >= 0.3 is 49.3 Å². The van der Waals surface area contributed by atoms with Crippen molar-refractivity contribution in [2.24, 2.45) is 4.99 Å². The minimum Gasteiger partial charge on any atom is -0.862 e. The zero-order valence-corrected chi connectivity index (χ0v) is 46.4. The molecule has 2 rings (SSSR count). The van der Waals surface area contributed by atoms with Crippen molar-refractivity contribution in [2.75, 3.05) is 31.3 Å². The predicted octanol–water partition coefficient (Wildman–Crippen LogP) is 9.87. The van der Waals surface area contributed by atoms with E-state index in [0.29, 0.717) is 31.4 Å². The van der Waals surface area contributed by atoms with Crippen molar-refractivity contribution in [3.05, 3.63) is 66.3 Å². The quantitative estimate of drug-likeness (QED) is 0.00960. The van der Waals surface area contributed by atoms with Crippen molar-refractivity contribution in [2.45, 2.75) is 219 Å². The number of hydrogen-bond donors (Lipinski definition) is 1. The zero-order chi connectivity index (χ0) is 50.1. The fourth-order valence-corrected chi connectivity index (χ4v) is 8.57. The summed E-state index contributed by atoms with van der Waals surface area (Å²) in [6.45, 7) is 3.08. The molecule has 0 saturated heterocycles. The molecule has 0 aromatic heterocycles. The number of nitrogens with zero attached hydrogens (tertiary/aromatic N) is 2. The number of benzene rings is 1. The van der Waals surface area contributed by atoms with Crippen LogP contribution in [0.5, 0.6) is 0 Å². The number of allylic oxidation sites excluding steroid dienone is 4. The third kappa shape index (κ3) is 35.3.